The third-order valence-electron chi connectivity index (χ3n) is 4.12. The number of carbonyl (C=O) groups is 1. The molecule has 0 bridgehead atoms. The zero-order chi connectivity index (χ0) is 20.4. The van der Waals surface area contributed by atoms with Gasteiger partial charge in [-0.1, -0.05) is 0 Å². The molecular formula is C16H19F3N2O5S. The standard InChI is InChI=1S/C16H19F3N2O5S/c1-4-26-13(22)11-12(9-6-5-8(24-2)7-10(9)25-3)20-14(27)21-15(11,23)16(17,18)19/h5-7,11-12,23H,4H2,1-3H3,(H2,20,21,27)/t11-,12+,15+/m1/s1. The number of thiocarbonyl (C=S) groups is 1. The summed E-state index contributed by atoms with van der Waals surface area (Å²) in [5.41, 5.74) is -3.46. The summed E-state index contributed by atoms with van der Waals surface area (Å²) in [5.74, 6) is -2.80. The zero-order valence-corrected chi connectivity index (χ0v) is 15.5. The molecule has 1 aliphatic rings. The van der Waals surface area contributed by atoms with Gasteiger partial charge in [0.15, 0.2) is 5.11 Å². The Balaban J connectivity index is 2.64. The Labute approximate surface area is 158 Å². The molecule has 1 aromatic rings. The van der Waals surface area contributed by atoms with Gasteiger partial charge in [0.2, 0.25) is 0 Å². The average molecular weight is 408 g/mol. The fourth-order valence-electron chi connectivity index (χ4n) is 2.87. The quantitative estimate of drug-likeness (QED) is 0.501. The van der Waals surface area contributed by atoms with E-state index in [9.17, 15) is 23.1 Å². The topological polar surface area (TPSA) is 89.1 Å². The molecule has 150 valence electrons. The maximum Gasteiger partial charge on any atom is 0.437 e. The Morgan fingerprint density at radius 3 is 2.52 bits per heavy atom. The minimum Gasteiger partial charge on any atom is -0.497 e. The van der Waals surface area contributed by atoms with Crippen LogP contribution in [0.4, 0.5) is 13.2 Å². The number of halogens is 3. The molecule has 0 aromatic heterocycles. The molecule has 1 aliphatic heterocycles. The molecule has 0 aliphatic carbocycles. The lowest BCUT2D eigenvalue weighted by Gasteiger charge is -2.45. The Morgan fingerprint density at radius 1 is 1.33 bits per heavy atom. The maximum atomic E-state index is 13.7. The predicted molar refractivity (Wildman–Crippen MR) is 92.3 cm³/mol. The number of esters is 1. The SMILES string of the molecule is CCOC(=O)[C@H]1[C@H](c2ccc(OC)cc2OC)NC(=S)N[C@@]1(O)C(F)(F)F. The van der Waals surface area contributed by atoms with Crippen LogP contribution in [0, 0.1) is 5.92 Å². The van der Waals surface area contributed by atoms with Gasteiger partial charge in [-0.25, -0.2) is 0 Å². The van der Waals surface area contributed by atoms with Crippen LogP contribution in [0.3, 0.4) is 0 Å². The van der Waals surface area contributed by atoms with Crippen molar-refractivity contribution in [3.05, 3.63) is 23.8 Å². The van der Waals surface area contributed by atoms with Crippen molar-refractivity contribution >= 4 is 23.3 Å². The van der Waals surface area contributed by atoms with Crippen LogP contribution in [0.1, 0.15) is 18.5 Å². The van der Waals surface area contributed by atoms with Crippen LogP contribution in [-0.4, -0.2) is 48.9 Å². The Kier molecular flexibility index (Phi) is 6.05. The lowest BCUT2D eigenvalue weighted by molar-refractivity contribution is -0.292. The highest BCUT2D eigenvalue weighted by Gasteiger charge is 2.66. The molecule has 11 heteroatoms. The summed E-state index contributed by atoms with van der Waals surface area (Å²) in [6.45, 7) is 1.28. The molecular weight excluding hydrogens is 389 g/mol. The normalized spacial score (nSPS) is 25.2. The molecule has 1 aromatic carbocycles. The molecule has 1 saturated heterocycles. The van der Waals surface area contributed by atoms with Crippen LogP contribution in [0.2, 0.25) is 0 Å². The van der Waals surface area contributed by atoms with Gasteiger partial charge in [-0.2, -0.15) is 13.2 Å². The molecule has 7 nitrogen and oxygen atoms in total. The fraction of sp³-hybridized carbons (Fsp3) is 0.500. The first-order valence-electron chi connectivity index (χ1n) is 7.85. The Bertz CT molecular complexity index is 730. The van der Waals surface area contributed by atoms with Gasteiger partial charge in [-0.05, 0) is 31.3 Å². The van der Waals surface area contributed by atoms with Gasteiger partial charge in [0.1, 0.15) is 17.4 Å². The van der Waals surface area contributed by atoms with Crippen molar-refractivity contribution in [2.45, 2.75) is 24.9 Å². The predicted octanol–water partition coefficient (Wildman–Crippen LogP) is 1.65. The van der Waals surface area contributed by atoms with E-state index in [1.165, 1.54) is 39.3 Å². The molecule has 3 N–H and O–H groups in total. The van der Waals surface area contributed by atoms with Crippen molar-refractivity contribution in [1.29, 1.82) is 0 Å². The second-order valence-electron chi connectivity index (χ2n) is 5.68. The van der Waals surface area contributed by atoms with Crippen molar-refractivity contribution in [1.82, 2.24) is 10.6 Å². The minimum atomic E-state index is -5.21. The first-order chi connectivity index (χ1) is 12.6. The lowest BCUT2D eigenvalue weighted by Crippen LogP contribution is -2.73. The van der Waals surface area contributed by atoms with Crippen LogP contribution in [0.25, 0.3) is 0 Å². The molecule has 2 rings (SSSR count). The van der Waals surface area contributed by atoms with E-state index in [-0.39, 0.29) is 17.9 Å². The molecule has 1 heterocycles. The molecule has 3 atom stereocenters. The van der Waals surface area contributed by atoms with E-state index in [1.54, 1.807) is 5.32 Å². The maximum absolute atomic E-state index is 13.7. The summed E-state index contributed by atoms with van der Waals surface area (Å²) in [6.07, 6.45) is -5.21. The number of rotatable bonds is 5. The minimum absolute atomic E-state index is 0.148. The van der Waals surface area contributed by atoms with Gasteiger partial charge in [0.25, 0.3) is 5.72 Å². The lowest BCUT2D eigenvalue weighted by atomic mass is 9.81. The number of methoxy groups -OCH3 is 2. The highest BCUT2D eigenvalue weighted by molar-refractivity contribution is 7.80. The van der Waals surface area contributed by atoms with Crippen molar-refractivity contribution in [2.24, 2.45) is 5.92 Å². The summed E-state index contributed by atoms with van der Waals surface area (Å²) in [6, 6.07) is 2.98. The number of hydrogen-bond acceptors (Lipinski definition) is 6. The summed E-state index contributed by atoms with van der Waals surface area (Å²) in [7, 11) is 2.73. The second kappa shape index (κ2) is 7.77. The molecule has 0 spiro atoms. The number of aliphatic hydroxyl groups is 1. The molecule has 27 heavy (non-hydrogen) atoms. The molecule has 0 unspecified atom stereocenters. The second-order valence-corrected chi connectivity index (χ2v) is 6.09. The first kappa shape index (κ1) is 21.0. The third-order valence-corrected chi connectivity index (χ3v) is 4.34. The number of benzene rings is 1. The highest BCUT2D eigenvalue weighted by atomic mass is 32.1. The van der Waals surface area contributed by atoms with E-state index >= 15 is 0 Å². The fourth-order valence-corrected chi connectivity index (χ4v) is 3.15. The smallest absolute Gasteiger partial charge is 0.437 e. The summed E-state index contributed by atoms with van der Waals surface area (Å²) < 4.78 is 56.1. The van der Waals surface area contributed by atoms with E-state index in [1.807, 2.05) is 0 Å². The van der Waals surface area contributed by atoms with Gasteiger partial charge >= 0.3 is 12.1 Å². The van der Waals surface area contributed by atoms with Gasteiger partial charge in [-0.15, -0.1) is 0 Å². The number of alkyl halides is 3. The van der Waals surface area contributed by atoms with Crippen LogP contribution < -0.4 is 20.1 Å². The highest BCUT2D eigenvalue weighted by Crippen LogP contribution is 2.45. The molecule has 0 amide bonds. The molecule has 0 saturated carbocycles. The van der Waals surface area contributed by atoms with E-state index < -0.39 is 34.9 Å². The van der Waals surface area contributed by atoms with Crippen molar-refractivity contribution in [2.75, 3.05) is 20.8 Å². The molecule has 1 fully saturated rings. The zero-order valence-electron chi connectivity index (χ0n) is 14.7. The van der Waals surface area contributed by atoms with E-state index in [0.29, 0.717) is 5.75 Å². The van der Waals surface area contributed by atoms with E-state index in [4.69, 9.17) is 26.4 Å². The van der Waals surface area contributed by atoms with Gasteiger partial charge in [0, 0.05) is 11.6 Å². The number of ether oxygens (including phenoxy) is 3. The van der Waals surface area contributed by atoms with Crippen LogP contribution in [0.15, 0.2) is 18.2 Å². The average Bonchev–Trinajstić information content (AvgIpc) is 2.59. The largest absolute Gasteiger partial charge is 0.497 e. The molecule has 0 radical (unpaired) electrons. The van der Waals surface area contributed by atoms with E-state index in [0.717, 1.165) is 0 Å². The van der Waals surface area contributed by atoms with Gasteiger partial charge in [0.05, 0.1) is 26.9 Å². The third kappa shape index (κ3) is 3.88. The van der Waals surface area contributed by atoms with Crippen LogP contribution in [-0.2, 0) is 9.53 Å². The van der Waals surface area contributed by atoms with Crippen molar-refractivity contribution in [3.63, 3.8) is 0 Å². The monoisotopic (exact) mass is 408 g/mol. The summed E-state index contributed by atoms with van der Waals surface area (Å²) >= 11 is 4.83. The van der Waals surface area contributed by atoms with Crippen molar-refractivity contribution in [3.8, 4) is 11.5 Å². The Morgan fingerprint density at radius 2 is 2.00 bits per heavy atom. The van der Waals surface area contributed by atoms with Crippen LogP contribution in [0.5, 0.6) is 11.5 Å². The first-order valence-corrected chi connectivity index (χ1v) is 8.26. The summed E-state index contributed by atoms with van der Waals surface area (Å²) in [5, 5.41) is 14.3. The number of carbonyl (C=O) groups excluding carboxylic acids is 1. The summed E-state index contributed by atoms with van der Waals surface area (Å²) in [4.78, 5) is 12.4. The van der Waals surface area contributed by atoms with Crippen molar-refractivity contribution < 1.29 is 37.3 Å². The van der Waals surface area contributed by atoms with Gasteiger partial charge in [-0.3, -0.25) is 4.79 Å². The number of hydrogen-bond donors (Lipinski definition) is 3. The van der Waals surface area contributed by atoms with Crippen LogP contribution >= 0.6 is 12.2 Å². The number of nitrogens with one attached hydrogen (secondary N) is 2. The van der Waals surface area contributed by atoms with E-state index in [2.05, 4.69) is 5.32 Å². The van der Waals surface area contributed by atoms with Gasteiger partial charge < -0.3 is 30.0 Å². The Hall–Kier alpha value is -2.27.